The summed E-state index contributed by atoms with van der Waals surface area (Å²) in [6, 6.07) is 0. The van der Waals surface area contributed by atoms with Gasteiger partial charge >= 0.3 is 5.97 Å². The Balaban J connectivity index is 2.47. The van der Waals surface area contributed by atoms with E-state index in [0.717, 1.165) is 6.42 Å². The molecule has 0 aliphatic heterocycles. The lowest BCUT2D eigenvalue weighted by Crippen LogP contribution is -2.22. The number of hydrogen-bond acceptors (Lipinski definition) is 4. The number of halogens is 1. The second-order valence-electron chi connectivity index (χ2n) is 7.60. The van der Waals surface area contributed by atoms with E-state index in [9.17, 15) is 14.7 Å². The molecule has 4 atom stereocenters. The number of hydrogen-bond donors (Lipinski definition) is 1. The monoisotopic (exact) mass is 412 g/mol. The van der Waals surface area contributed by atoms with Crippen molar-refractivity contribution < 1.29 is 19.4 Å². The van der Waals surface area contributed by atoms with Gasteiger partial charge in [-0.3, -0.25) is 4.79 Å². The van der Waals surface area contributed by atoms with Gasteiger partial charge in [-0.15, -0.1) is 11.6 Å². The van der Waals surface area contributed by atoms with E-state index >= 15 is 0 Å². The number of carbonyl (C=O) groups excluding carboxylic acids is 2. The fraction of sp³-hybridized carbons (Fsp3) is 0.739. The molecule has 4 nitrogen and oxygen atoms in total. The molecule has 0 saturated heterocycles. The number of esters is 1. The molecule has 1 saturated carbocycles. The average molecular weight is 413 g/mol. The maximum Gasteiger partial charge on any atom is 0.334 e. The largest absolute Gasteiger partial charge is 0.464 e. The van der Waals surface area contributed by atoms with E-state index < -0.39 is 12.1 Å². The molecule has 1 rings (SSSR count). The van der Waals surface area contributed by atoms with Crippen LogP contribution in [0.4, 0.5) is 0 Å². The highest BCUT2D eigenvalue weighted by molar-refractivity contribution is 6.18. The summed E-state index contributed by atoms with van der Waals surface area (Å²) >= 11 is 6.11. The van der Waals surface area contributed by atoms with Crippen LogP contribution in [0.25, 0.3) is 0 Å². The van der Waals surface area contributed by atoms with Crippen molar-refractivity contribution in [1.82, 2.24) is 0 Å². The predicted molar refractivity (Wildman–Crippen MR) is 114 cm³/mol. The van der Waals surface area contributed by atoms with E-state index in [1.165, 1.54) is 25.7 Å². The van der Waals surface area contributed by atoms with Crippen LogP contribution in [-0.4, -0.2) is 35.4 Å². The number of ketones is 1. The number of rotatable bonds is 14. The van der Waals surface area contributed by atoms with Crippen LogP contribution in [0, 0.1) is 17.8 Å². The van der Waals surface area contributed by atoms with Crippen molar-refractivity contribution >= 4 is 23.4 Å². The van der Waals surface area contributed by atoms with Crippen LogP contribution in [0.3, 0.4) is 0 Å². The fourth-order valence-corrected chi connectivity index (χ4v) is 4.05. The van der Waals surface area contributed by atoms with E-state index in [0.29, 0.717) is 37.3 Å². The number of ether oxygens (including phenoxy) is 1. The molecule has 0 aromatic carbocycles. The minimum Gasteiger partial charge on any atom is -0.464 e. The minimum atomic E-state index is -1.08. The maximum atomic E-state index is 12.4. The van der Waals surface area contributed by atoms with Gasteiger partial charge in [-0.05, 0) is 50.9 Å². The summed E-state index contributed by atoms with van der Waals surface area (Å²) in [6.45, 7) is 4.19. The summed E-state index contributed by atoms with van der Waals surface area (Å²) in [5.74, 6) is 0.666. The minimum absolute atomic E-state index is 0.0122. The van der Waals surface area contributed by atoms with Crippen LogP contribution in [0.1, 0.15) is 71.6 Å². The number of allylic oxidation sites excluding steroid dienone is 4. The fourth-order valence-electron chi connectivity index (χ4n) is 3.74. The summed E-state index contributed by atoms with van der Waals surface area (Å²) in [4.78, 5) is 23.8. The quantitative estimate of drug-likeness (QED) is 0.184. The van der Waals surface area contributed by atoms with E-state index in [4.69, 9.17) is 16.3 Å². The number of carbonyl (C=O) groups is 2. The Kier molecular flexibility index (Phi) is 13.2. The molecule has 28 heavy (non-hydrogen) atoms. The lowest BCUT2D eigenvalue weighted by atomic mass is 9.87. The summed E-state index contributed by atoms with van der Waals surface area (Å²) in [6.07, 6.45) is 15.5. The van der Waals surface area contributed by atoms with Crippen molar-refractivity contribution in [2.24, 2.45) is 17.8 Å². The van der Waals surface area contributed by atoms with Gasteiger partial charge in [0.05, 0.1) is 6.61 Å². The Labute approximate surface area is 175 Å². The first-order valence-corrected chi connectivity index (χ1v) is 11.3. The van der Waals surface area contributed by atoms with Gasteiger partial charge < -0.3 is 9.84 Å². The Morgan fingerprint density at radius 1 is 1.21 bits per heavy atom. The molecule has 1 N–H and O–H groups in total. The second-order valence-corrected chi connectivity index (χ2v) is 7.91. The molecule has 0 bridgehead atoms. The van der Waals surface area contributed by atoms with E-state index in [2.05, 4.69) is 19.1 Å². The summed E-state index contributed by atoms with van der Waals surface area (Å²) < 4.78 is 4.78. The molecule has 1 aliphatic rings. The van der Waals surface area contributed by atoms with Gasteiger partial charge in [-0.1, -0.05) is 50.5 Å². The molecule has 0 aromatic rings. The third kappa shape index (κ3) is 8.91. The molecule has 160 valence electrons. The highest BCUT2D eigenvalue weighted by Gasteiger charge is 2.39. The maximum absolute atomic E-state index is 12.4. The first kappa shape index (κ1) is 24.9. The Morgan fingerprint density at radius 3 is 2.68 bits per heavy atom. The number of unbranched alkanes of at least 4 members (excludes halogenated alkanes) is 4. The Morgan fingerprint density at radius 2 is 2.00 bits per heavy atom. The van der Waals surface area contributed by atoms with Crippen LogP contribution in [0.15, 0.2) is 24.3 Å². The summed E-state index contributed by atoms with van der Waals surface area (Å²) in [5, 5.41) is 9.70. The molecule has 1 unspecified atom stereocenters. The first-order chi connectivity index (χ1) is 13.5. The molecular weight excluding hydrogens is 376 g/mol. The topological polar surface area (TPSA) is 63.6 Å². The molecule has 5 heteroatoms. The molecule has 0 heterocycles. The van der Waals surface area contributed by atoms with E-state index in [-0.39, 0.29) is 24.4 Å². The number of alkyl halides is 1. The zero-order valence-corrected chi connectivity index (χ0v) is 18.2. The SMILES string of the molecule is CCCCCC/C=C/[C@H]1[C@H](CCl)CC(=O)[C@@H]1C/C=C\CCC(O)C(=O)OCC. The summed E-state index contributed by atoms with van der Waals surface area (Å²) in [7, 11) is 0. The van der Waals surface area contributed by atoms with Gasteiger partial charge in [0.15, 0.2) is 6.10 Å². The van der Waals surface area contributed by atoms with Gasteiger partial charge in [0, 0.05) is 18.2 Å². The van der Waals surface area contributed by atoms with Crippen molar-refractivity contribution in [1.29, 1.82) is 0 Å². The lowest BCUT2D eigenvalue weighted by molar-refractivity contribution is -0.153. The molecule has 1 fully saturated rings. The summed E-state index contributed by atoms with van der Waals surface area (Å²) in [5.41, 5.74) is 0. The van der Waals surface area contributed by atoms with E-state index in [1.54, 1.807) is 6.92 Å². The normalized spacial score (nSPS) is 23.7. The van der Waals surface area contributed by atoms with Crippen molar-refractivity contribution in [3.63, 3.8) is 0 Å². The van der Waals surface area contributed by atoms with Crippen molar-refractivity contribution in [2.75, 3.05) is 12.5 Å². The van der Waals surface area contributed by atoms with Crippen LogP contribution < -0.4 is 0 Å². The molecule has 0 aromatic heterocycles. The first-order valence-electron chi connectivity index (χ1n) is 10.8. The zero-order valence-electron chi connectivity index (χ0n) is 17.4. The smallest absolute Gasteiger partial charge is 0.334 e. The lowest BCUT2D eigenvalue weighted by Gasteiger charge is -2.18. The van der Waals surface area contributed by atoms with Gasteiger partial charge in [0.1, 0.15) is 5.78 Å². The number of aliphatic hydroxyl groups is 1. The third-order valence-corrected chi connectivity index (χ3v) is 5.79. The standard InChI is InChI=1S/C23H37ClO4/c1-3-5-6-7-8-10-13-19-18(17-24)16-22(26)20(19)14-11-9-12-15-21(25)23(27)28-4-2/h9-11,13,18-21,25H,3-8,12,14-17H2,1-2H3/b11-9-,13-10+/t18-,19-,20+,21?/m0/s1. The molecule has 0 spiro atoms. The average Bonchev–Trinajstić information content (AvgIpc) is 2.99. The van der Waals surface area contributed by atoms with Crippen LogP contribution in [0.5, 0.6) is 0 Å². The van der Waals surface area contributed by atoms with E-state index in [1.807, 2.05) is 12.2 Å². The van der Waals surface area contributed by atoms with Crippen molar-refractivity contribution in [3.05, 3.63) is 24.3 Å². The molecule has 0 radical (unpaired) electrons. The van der Waals surface area contributed by atoms with Crippen LogP contribution in [-0.2, 0) is 14.3 Å². The van der Waals surface area contributed by atoms with Gasteiger partial charge in [-0.2, -0.15) is 0 Å². The van der Waals surface area contributed by atoms with Gasteiger partial charge in [-0.25, -0.2) is 4.79 Å². The Hall–Kier alpha value is -1.13. The highest BCUT2D eigenvalue weighted by Crippen LogP contribution is 2.38. The van der Waals surface area contributed by atoms with Crippen LogP contribution >= 0.6 is 11.6 Å². The van der Waals surface area contributed by atoms with Gasteiger partial charge in [0.25, 0.3) is 0 Å². The molecule has 1 aliphatic carbocycles. The number of Topliss-reactive ketones (excluding diaryl/α,β-unsaturated/α-hetero) is 1. The van der Waals surface area contributed by atoms with Crippen LogP contribution in [0.2, 0.25) is 0 Å². The second kappa shape index (κ2) is 14.8. The predicted octanol–water partition coefficient (Wildman–Crippen LogP) is 5.22. The van der Waals surface area contributed by atoms with Gasteiger partial charge in [0.2, 0.25) is 0 Å². The highest BCUT2D eigenvalue weighted by atomic mass is 35.5. The molecular formula is C23H37ClO4. The Bertz CT molecular complexity index is 515. The third-order valence-electron chi connectivity index (χ3n) is 5.39. The zero-order chi connectivity index (χ0) is 20.8. The number of aliphatic hydroxyl groups excluding tert-OH is 1. The molecule has 0 amide bonds. The van der Waals surface area contributed by atoms with Crippen molar-refractivity contribution in [3.8, 4) is 0 Å². The van der Waals surface area contributed by atoms with Crippen molar-refractivity contribution in [2.45, 2.75) is 77.7 Å².